The monoisotopic (exact) mass is 965 g/mol. The quantitative estimate of drug-likeness (QED) is 0.0524. The standard InChI is InChI=1S/C55H96O13/c1-11-13-14-15-16-17-18-19-20-21-22-23-24-25-26-27-46(58)62-43-34-54(66-49(39(43)6)40(7)48(41(8)51(59)60)64-45(57)12-2)31-30-52(9,68-54)44-28-29-53(10,65-44)50-37(4)33-42(63-50)47-36(3)32-38(5)55(61,35-56)67-47/h36-44,47-50,56,61H,11-35H2,1-10H3,(H,59,60)/t36-,37-,38+,39+,40-,41+,42+,43-,44+,47-,48+,49-,50?,52-,53-,54+,55-/m0/s1. The highest BCUT2D eigenvalue weighted by Crippen LogP contribution is 2.54. The van der Waals surface area contributed by atoms with E-state index in [1.165, 1.54) is 77.0 Å². The van der Waals surface area contributed by atoms with Crippen LogP contribution in [0.25, 0.3) is 0 Å². The van der Waals surface area contributed by atoms with Crippen molar-refractivity contribution in [2.45, 2.75) is 289 Å². The largest absolute Gasteiger partial charge is 0.481 e. The van der Waals surface area contributed by atoms with Crippen LogP contribution >= 0.6 is 0 Å². The van der Waals surface area contributed by atoms with Crippen LogP contribution in [0.3, 0.4) is 0 Å². The minimum Gasteiger partial charge on any atom is -0.481 e. The molecule has 5 saturated heterocycles. The van der Waals surface area contributed by atoms with Gasteiger partial charge in [0.15, 0.2) is 11.6 Å². The van der Waals surface area contributed by atoms with E-state index in [0.29, 0.717) is 25.7 Å². The van der Waals surface area contributed by atoms with Gasteiger partial charge in [-0.2, -0.15) is 0 Å². The number of aliphatic hydroxyl groups is 2. The number of carboxylic acid groups (broad SMARTS) is 1. The Labute approximate surface area is 410 Å². The molecule has 0 aliphatic carbocycles. The molecule has 68 heavy (non-hydrogen) atoms. The Morgan fingerprint density at radius 3 is 1.91 bits per heavy atom. The van der Waals surface area contributed by atoms with E-state index in [4.69, 9.17) is 33.2 Å². The van der Waals surface area contributed by atoms with Gasteiger partial charge in [0.2, 0.25) is 0 Å². The Morgan fingerprint density at radius 2 is 1.34 bits per heavy atom. The van der Waals surface area contributed by atoms with E-state index in [0.717, 1.165) is 44.9 Å². The fraction of sp³-hybridized carbons (Fsp3) is 0.945. The molecule has 0 amide bonds. The molecule has 0 radical (unpaired) electrons. The SMILES string of the molecule is CCCCCCCCCCCCCCCCCC(=O)O[C@H]1C[C@]2(CC[C@@](C)([C@H]3CC[C@@](C)(C4O[C@@H]([C@H]5O[C@@](O)(CO)[C@H](C)C[C@@H]5C)C[C@@H]4C)O3)O2)O[C@H]([C@@H](C)[C@@H](OC(=O)CC)[C@@H](C)C(=O)O)[C@@H]1C. The first kappa shape index (κ1) is 57.0. The molecule has 13 heteroatoms. The summed E-state index contributed by atoms with van der Waals surface area (Å²) >= 11 is 0. The molecular weight excluding hydrogens is 869 g/mol. The third-order valence-corrected chi connectivity index (χ3v) is 17.2. The first-order valence-corrected chi connectivity index (χ1v) is 27.6. The van der Waals surface area contributed by atoms with Gasteiger partial charge in [0, 0.05) is 43.4 Å². The summed E-state index contributed by atoms with van der Waals surface area (Å²) in [5.74, 6) is -6.37. The van der Waals surface area contributed by atoms with E-state index in [-0.39, 0.29) is 60.5 Å². The molecule has 0 aromatic carbocycles. The second-order valence-corrected chi connectivity index (χ2v) is 23.0. The van der Waals surface area contributed by atoms with Gasteiger partial charge in [0.05, 0.1) is 54.2 Å². The lowest BCUT2D eigenvalue weighted by atomic mass is 9.78. The van der Waals surface area contributed by atoms with Crippen molar-refractivity contribution in [3.05, 3.63) is 0 Å². The summed E-state index contributed by atoms with van der Waals surface area (Å²) < 4.78 is 46.6. The van der Waals surface area contributed by atoms with Gasteiger partial charge in [-0.25, -0.2) is 0 Å². The maximum absolute atomic E-state index is 13.6. The van der Waals surface area contributed by atoms with Gasteiger partial charge >= 0.3 is 17.9 Å². The first-order valence-electron chi connectivity index (χ1n) is 27.6. The van der Waals surface area contributed by atoms with E-state index in [1.807, 2.05) is 20.8 Å². The Bertz CT molecular complexity index is 1580. The average molecular weight is 965 g/mol. The van der Waals surface area contributed by atoms with E-state index >= 15 is 0 Å². The smallest absolute Gasteiger partial charge is 0.309 e. The predicted octanol–water partition coefficient (Wildman–Crippen LogP) is 11.0. The summed E-state index contributed by atoms with van der Waals surface area (Å²) in [6.45, 7) is 19.3. The van der Waals surface area contributed by atoms with Crippen LogP contribution in [0.2, 0.25) is 0 Å². The summed E-state index contributed by atoms with van der Waals surface area (Å²) in [6.07, 6.45) is 20.2. The second-order valence-electron chi connectivity index (χ2n) is 23.0. The van der Waals surface area contributed by atoms with Crippen molar-refractivity contribution >= 4 is 17.9 Å². The van der Waals surface area contributed by atoms with Crippen LogP contribution < -0.4 is 0 Å². The summed E-state index contributed by atoms with van der Waals surface area (Å²) in [4.78, 5) is 38.8. The number of unbranched alkanes of at least 4 members (excludes halogenated alkanes) is 14. The number of rotatable bonds is 27. The number of ether oxygens (including phenoxy) is 7. The van der Waals surface area contributed by atoms with Crippen LogP contribution in [0.15, 0.2) is 0 Å². The third kappa shape index (κ3) is 14.4. The van der Waals surface area contributed by atoms with E-state index in [1.54, 1.807) is 13.8 Å². The number of carboxylic acids is 1. The molecule has 5 rings (SSSR count). The molecule has 0 aromatic rings. The molecule has 5 heterocycles. The van der Waals surface area contributed by atoms with Gasteiger partial charge in [-0.15, -0.1) is 0 Å². The van der Waals surface area contributed by atoms with Crippen molar-refractivity contribution in [1.29, 1.82) is 0 Å². The van der Waals surface area contributed by atoms with Gasteiger partial charge in [-0.05, 0) is 71.1 Å². The predicted molar refractivity (Wildman–Crippen MR) is 260 cm³/mol. The summed E-state index contributed by atoms with van der Waals surface area (Å²) in [6, 6.07) is 0. The van der Waals surface area contributed by atoms with Crippen molar-refractivity contribution < 1.29 is 62.9 Å². The van der Waals surface area contributed by atoms with Crippen LogP contribution in [0.5, 0.6) is 0 Å². The van der Waals surface area contributed by atoms with Crippen LogP contribution in [0.4, 0.5) is 0 Å². The van der Waals surface area contributed by atoms with Gasteiger partial charge < -0.3 is 48.5 Å². The van der Waals surface area contributed by atoms with E-state index in [9.17, 15) is 29.7 Å². The molecule has 13 nitrogen and oxygen atoms in total. The van der Waals surface area contributed by atoms with Crippen molar-refractivity contribution in [3.8, 4) is 0 Å². The summed E-state index contributed by atoms with van der Waals surface area (Å²) in [5, 5.41) is 31.3. The fourth-order valence-corrected chi connectivity index (χ4v) is 12.7. The molecule has 17 atom stereocenters. The Balaban J connectivity index is 1.21. The number of esters is 2. The highest BCUT2D eigenvalue weighted by Gasteiger charge is 2.62. The van der Waals surface area contributed by atoms with Crippen LogP contribution in [-0.2, 0) is 47.5 Å². The summed E-state index contributed by atoms with van der Waals surface area (Å²) in [7, 11) is 0. The molecule has 3 N–H and O–H groups in total. The highest BCUT2D eigenvalue weighted by molar-refractivity contribution is 5.73. The molecular formula is C55H96O13. The maximum atomic E-state index is 13.6. The zero-order valence-electron chi connectivity index (χ0n) is 44.1. The van der Waals surface area contributed by atoms with E-state index < -0.39 is 71.5 Å². The molecule has 1 spiro atoms. The number of carbonyl (C=O) groups is 3. The maximum Gasteiger partial charge on any atom is 0.309 e. The second kappa shape index (κ2) is 25.7. The van der Waals surface area contributed by atoms with Gasteiger partial charge in [0.1, 0.15) is 12.2 Å². The number of hydrogen-bond acceptors (Lipinski definition) is 12. The van der Waals surface area contributed by atoms with Gasteiger partial charge in [0.25, 0.3) is 0 Å². The minimum absolute atomic E-state index is 0.104. The molecule has 0 aromatic heterocycles. The van der Waals surface area contributed by atoms with Crippen molar-refractivity contribution in [3.63, 3.8) is 0 Å². The van der Waals surface area contributed by atoms with Crippen molar-refractivity contribution in [1.82, 2.24) is 0 Å². The van der Waals surface area contributed by atoms with Gasteiger partial charge in [-0.1, -0.05) is 138 Å². The Kier molecular flexibility index (Phi) is 21.5. The molecule has 5 aliphatic heterocycles. The van der Waals surface area contributed by atoms with Crippen LogP contribution in [0, 0.1) is 35.5 Å². The highest BCUT2D eigenvalue weighted by atomic mass is 16.7. The van der Waals surface area contributed by atoms with Crippen molar-refractivity contribution in [2.75, 3.05) is 6.61 Å². The van der Waals surface area contributed by atoms with Crippen LogP contribution in [0.1, 0.15) is 223 Å². The molecule has 0 saturated carbocycles. The lowest BCUT2D eigenvalue weighted by molar-refractivity contribution is -0.336. The molecule has 0 bridgehead atoms. The fourth-order valence-electron chi connectivity index (χ4n) is 12.7. The number of carbonyl (C=O) groups excluding carboxylic acids is 2. The number of hydrogen-bond donors (Lipinski definition) is 3. The number of aliphatic carboxylic acids is 1. The lowest BCUT2D eigenvalue weighted by Gasteiger charge is -2.49. The Morgan fingerprint density at radius 1 is 0.735 bits per heavy atom. The molecule has 394 valence electrons. The van der Waals surface area contributed by atoms with Gasteiger partial charge in [-0.3, -0.25) is 14.4 Å². The first-order chi connectivity index (χ1) is 32.2. The summed E-state index contributed by atoms with van der Waals surface area (Å²) in [5.41, 5.74) is -1.38. The number of aliphatic hydroxyl groups excluding tert-OH is 1. The third-order valence-electron chi connectivity index (χ3n) is 17.2. The zero-order valence-corrected chi connectivity index (χ0v) is 44.1. The molecule has 5 aliphatic rings. The minimum atomic E-state index is -1.60. The van der Waals surface area contributed by atoms with Crippen molar-refractivity contribution in [2.24, 2.45) is 35.5 Å². The molecule has 1 unspecified atom stereocenters. The van der Waals surface area contributed by atoms with Crippen LogP contribution in [-0.4, -0.2) is 105 Å². The zero-order chi connectivity index (χ0) is 49.9. The normalized spacial score (nSPS) is 38.6. The Hall–Kier alpha value is -1.87. The van der Waals surface area contributed by atoms with E-state index in [2.05, 4.69) is 34.6 Å². The topological polar surface area (TPSA) is 177 Å². The average Bonchev–Trinajstić information content (AvgIpc) is 4.01. The molecule has 5 fully saturated rings. The lowest BCUT2D eigenvalue weighted by Crippen LogP contribution is -2.57.